The lowest BCUT2D eigenvalue weighted by atomic mass is 10.1. The van der Waals surface area contributed by atoms with Crippen LogP contribution in [0.1, 0.15) is 28.2 Å². The zero-order chi connectivity index (χ0) is 20.1. The molecule has 0 aliphatic carbocycles. The van der Waals surface area contributed by atoms with E-state index in [4.69, 9.17) is 18.9 Å². The molecule has 1 saturated heterocycles. The minimum atomic E-state index is -0.158. The summed E-state index contributed by atoms with van der Waals surface area (Å²) in [6.07, 6.45) is 0. The van der Waals surface area contributed by atoms with E-state index in [9.17, 15) is 4.79 Å². The lowest BCUT2D eigenvalue weighted by molar-refractivity contribution is 0.0759. The smallest absolute Gasteiger partial charge is 0.255 e. The van der Waals surface area contributed by atoms with Gasteiger partial charge in [0, 0.05) is 29.5 Å². The molecule has 1 amide bonds. The van der Waals surface area contributed by atoms with Gasteiger partial charge >= 0.3 is 0 Å². The third-order valence-electron chi connectivity index (χ3n) is 4.57. The number of hydrogen-bond acceptors (Lipinski definition) is 6. The van der Waals surface area contributed by atoms with Gasteiger partial charge in [-0.1, -0.05) is 0 Å². The van der Waals surface area contributed by atoms with E-state index in [-0.39, 0.29) is 11.3 Å². The molecule has 0 bridgehead atoms. The van der Waals surface area contributed by atoms with Crippen LogP contribution in [0.25, 0.3) is 0 Å². The van der Waals surface area contributed by atoms with Crippen molar-refractivity contribution in [1.82, 2.24) is 4.90 Å². The van der Waals surface area contributed by atoms with Gasteiger partial charge in [-0.15, -0.1) is 11.8 Å². The van der Waals surface area contributed by atoms with Gasteiger partial charge in [-0.2, -0.15) is 0 Å². The summed E-state index contributed by atoms with van der Waals surface area (Å²) in [4.78, 5) is 15.0. The van der Waals surface area contributed by atoms with E-state index in [1.165, 1.54) is 0 Å². The molecule has 0 radical (unpaired) electrons. The maximum Gasteiger partial charge on any atom is 0.255 e. The van der Waals surface area contributed by atoms with E-state index in [0.29, 0.717) is 36.0 Å². The minimum Gasteiger partial charge on any atom is -0.496 e. The summed E-state index contributed by atoms with van der Waals surface area (Å²) in [6.45, 7) is 3.19. The summed E-state index contributed by atoms with van der Waals surface area (Å²) in [7, 11) is 4.80. The molecule has 0 aromatic heterocycles. The highest BCUT2D eigenvalue weighted by atomic mass is 32.2. The molecule has 0 spiro atoms. The largest absolute Gasteiger partial charge is 0.496 e. The molecule has 2 aromatic rings. The summed E-state index contributed by atoms with van der Waals surface area (Å²) in [5, 5.41) is -0.158. The van der Waals surface area contributed by atoms with Crippen LogP contribution in [0.15, 0.2) is 36.4 Å². The zero-order valence-corrected chi connectivity index (χ0v) is 17.4. The molecule has 150 valence electrons. The number of methoxy groups -OCH3 is 3. The fourth-order valence-electron chi connectivity index (χ4n) is 3.21. The van der Waals surface area contributed by atoms with E-state index in [1.807, 2.05) is 30.0 Å². The quantitative estimate of drug-likeness (QED) is 0.697. The number of hydrogen-bond donors (Lipinski definition) is 0. The van der Waals surface area contributed by atoms with E-state index < -0.39 is 0 Å². The first-order chi connectivity index (χ1) is 13.6. The second-order valence-corrected chi connectivity index (χ2v) is 7.32. The van der Waals surface area contributed by atoms with Gasteiger partial charge in [-0.05, 0) is 37.3 Å². The fraction of sp³-hybridized carbons (Fsp3) is 0.381. The van der Waals surface area contributed by atoms with Crippen molar-refractivity contribution in [2.45, 2.75) is 12.3 Å². The number of benzene rings is 2. The van der Waals surface area contributed by atoms with Gasteiger partial charge in [-0.25, -0.2) is 0 Å². The van der Waals surface area contributed by atoms with Gasteiger partial charge in [0.15, 0.2) is 11.5 Å². The number of ether oxygens (including phenoxy) is 4. The standard InChI is InChI=1S/C21H25NO5S/c1-5-27-15-8-6-14(7-9-15)20(23)22-10-11-28-21(22)16-12-18(25-3)19(26-4)13-17(16)24-2/h6-9,12-13,21H,5,10-11H2,1-4H3. The van der Waals surface area contributed by atoms with Crippen LogP contribution in [0, 0.1) is 0 Å². The van der Waals surface area contributed by atoms with Crippen LogP contribution >= 0.6 is 11.8 Å². The molecule has 1 fully saturated rings. The van der Waals surface area contributed by atoms with Crippen molar-refractivity contribution in [1.29, 1.82) is 0 Å². The minimum absolute atomic E-state index is 0.0186. The average Bonchev–Trinajstić information content (AvgIpc) is 3.22. The predicted molar refractivity (Wildman–Crippen MR) is 110 cm³/mol. The van der Waals surface area contributed by atoms with E-state index >= 15 is 0 Å². The van der Waals surface area contributed by atoms with Crippen LogP contribution in [-0.2, 0) is 0 Å². The summed E-state index contributed by atoms with van der Waals surface area (Å²) in [5.74, 6) is 3.46. The van der Waals surface area contributed by atoms with Gasteiger partial charge in [0.2, 0.25) is 0 Å². The van der Waals surface area contributed by atoms with Crippen molar-refractivity contribution < 1.29 is 23.7 Å². The van der Waals surface area contributed by atoms with Crippen molar-refractivity contribution in [3.63, 3.8) is 0 Å². The van der Waals surface area contributed by atoms with Gasteiger partial charge in [0.25, 0.3) is 5.91 Å². The number of thioether (sulfide) groups is 1. The second kappa shape index (κ2) is 9.10. The zero-order valence-electron chi connectivity index (χ0n) is 16.6. The molecule has 6 nitrogen and oxygen atoms in total. The number of amides is 1. The lowest BCUT2D eigenvalue weighted by Gasteiger charge is -2.26. The molecule has 1 unspecified atom stereocenters. The molecule has 2 aromatic carbocycles. The molecule has 1 heterocycles. The second-order valence-electron chi connectivity index (χ2n) is 6.13. The monoisotopic (exact) mass is 403 g/mol. The Hall–Kier alpha value is -2.54. The number of rotatable bonds is 7. The lowest BCUT2D eigenvalue weighted by Crippen LogP contribution is -2.30. The summed E-state index contributed by atoms with van der Waals surface area (Å²) >= 11 is 1.70. The normalized spacial score (nSPS) is 16.0. The highest BCUT2D eigenvalue weighted by Crippen LogP contribution is 2.46. The van der Waals surface area contributed by atoms with Crippen molar-refractivity contribution in [3.05, 3.63) is 47.5 Å². The van der Waals surface area contributed by atoms with Crippen molar-refractivity contribution in [2.75, 3.05) is 40.2 Å². The van der Waals surface area contributed by atoms with Crippen molar-refractivity contribution in [2.24, 2.45) is 0 Å². The summed E-state index contributed by atoms with van der Waals surface area (Å²) in [5.41, 5.74) is 1.53. The van der Waals surface area contributed by atoms with Crippen LogP contribution in [0.3, 0.4) is 0 Å². The Labute approximate surface area is 169 Å². The first kappa shape index (κ1) is 20.2. The topological polar surface area (TPSA) is 57.2 Å². The molecular weight excluding hydrogens is 378 g/mol. The molecular formula is C21H25NO5S. The molecule has 28 heavy (non-hydrogen) atoms. The molecule has 7 heteroatoms. The maximum atomic E-state index is 13.2. The van der Waals surface area contributed by atoms with Gasteiger partial charge < -0.3 is 23.8 Å². The first-order valence-corrected chi connectivity index (χ1v) is 10.1. The number of carbonyl (C=O) groups excluding carboxylic acids is 1. The van der Waals surface area contributed by atoms with Crippen LogP contribution in [0.4, 0.5) is 0 Å². The Morgan fingerprint density at radius 1 is 1.04 bits per heavy atom. The van der Waals surface area contributed by atoms with Gasteiger partial charge in [-0.3, -0.25) is 4.79 Å². The third-order valence-corrected chi connectivity index (χ3v) is 5.81. The Morgan fingerprint density at radius 3 is 2.29 bits per heavy atom. The van der Waals surface area contributed by atoms with Crippen LogP contribution in [0.2, 0.25) is 0 Å². The SMILES string of the molecule is CCOc1ccc(C(=O)N2CCSC2c2cc(OC)c(OC)cc2OC)cc1. The Morgan fingerprint density at radius 2 is 1.68 bits per heavy atom. The summed E-state index contributed by atoms with van der Waals surface area (Å²) < 4.78 is 21.8. The van der Waals surface area contributed by atoms with E-state index in [0.717, 1.165) is 17.1 Å². The van der Waals surface area contributed by atoms with Crippen LogP contribution < -0.4 is 18.9 Å². The first-order valence-electron chi connectivity index (χ1n) is 9.08. The molecule has 3 rings (SSSR count). The Balaban J connectivity index is 1.91. The third kappa shape index (κ3) is 3.99. The Bertz CT molecular complexity index is 824. The van der Waals surface area contributed by atoms with Crippen molar-refractivity contribution >= 4 is 17.7 Å². The summed E-state index contributed by atoms with van der Waals surface area (Å²) in [6, 6.07) is 10.9. The van der Waals surface area contributed by atoms with Crippen LogP contribution in [0.5, 0.6) is 23.0 Å². The highest BCUT2D eigenvalue weighted by molar-refractivity contribution is 7.99. The molecule has 1 aliphatic rings. The van der Waals surface area contributed by atoms with Gasteiger partial charge in [0.1, 0.15) is 16.9 Å². The number of carbonyl (C=O) groups is 1. The number of nitrogens with zero attached hydrogens (tertiary/aromatic N) is 1. The van der Waals surface area contributed by atoms with Crippen molar-refractivity contribution in [3.8, 4) is 23.0 Å². The average molecular weight is 404 g/mol. The fourth-order valence-corrected chi connectivity index (χ4v) is 4.48. The molecule has 1 atom stereocenters. The molecule has 0 saturated carbocycles. The van der Waals surface area contributed by atoms with E-state index in [2.05, 4.69) is 0 Å². The Kier molecular flexibility index (Phi) is 6.57. The van der Waals surface area contributed by atoms with E-state index in [1.54, 1.807) is 51.3 Å². The van der Waals surface area contributed by atoms with Gasteiger partial charge in [0.05, 0.1) is 27.9 Å². The highest BCUT2D eigenvalue weighted by Gasteiger charge is 2.34. The van der Waals surface area contributed by atoms with Crippen LogP contribution in [-0.4, -0.2) is 51.0 Å². The molecule has 1 aliphatic heterocycles. The maximum absolute atomic E-state index is 13.2. The predicted octanol–water partition coefficient (Wildman–Crippen LogP) is 4.00. The molecule has 0 N–H and O–H groups in total.